The van der Waals surface area contributed by atoms with E-state index in [4.69, 9.17) is 5.73 Å². The number of hydrogen-bond acceptors (Lipinski definition) is 3. The molecular weight excluding hydrogens is 278 g/mol. The maximum Gasteiger partial charge on any atom is 0.242 e. The van der Waals surface area contributed by atoms with Gasteiger partial charge in [-0.25, -0.2) is 0 Å². The van der Waals surface area contributed by atoms with E-state index in [9.17, 15) is 9.59 Å². The summed E-state index contributed by atoms with van der Waals surface area (Å²) in [6.45, 7) is 2.23. The Kier molecular flexibility index (Phi) is 6.76. The van der Waals surface area contributed by atoms with Crippen LogP contribution in [0.1, 0.15) is 45.4 Å². The van der Waals surface area contributed by atoms with Crippen LogP contribution in [0.5, 0.6) is 0 Å². The van der Waals surface area contributed by atoms with E-state index in [1.165, 1.54) is 12.8 Å². The largest absolute Gasteiger partial charge is 0.353 e. The molecular formula is C14H26ClN3O2. The summed E-state index contributed by atoms with van der Waals surface area (Å²) in [5.74, 6) is 0.557. The van der Waals surface area contributed by atoms with E-state index in [0.29, 0.717) is 12.5 Å². The zero-order valence-electron chi connectivity index (χ0n) is 12.1. The van der Waals surface area contributed by atoms with Crippen molar-refractivity contribution in [3.8, 4) is 0 Å². The summed E-state index contributed by atoms with van der Waals surface area (Å²) >= 11 is 0. The monoisotopic (exact) mass is 303 g/mol. The van der Waals surface area contributed by atoms with E-state index < -0.39 is 6.04 Å². The predicted molar refractivity (Wildman–Crippen MR) is 80.5 cm³/mol. The summed E-state index contributed by atoms with van der Waals surface area (Å²) in [7, 11) is 0. The van der Waals surface area contributed by atoms with Gasteiger partial charge in [0.05, 0.1) is 0 Å². The Balaban J connectivity index is 0.00000200. The molecule has 0 aromatic rings. The van der Waals surface area contributed by atoms with E-state index in [1.807, 2.05) is 0 Å². The summed E-state index contributed by atoms with van der Waals surface area (Å²) in [4.78, 5) is 23.8. The molecule has 2 aliphatic carbocycles. The number of carbonyl (C=O) groups excluding carboxylic acids is 2. The SMILES string of the molecule is CC(NC(=O)C1CCCC1)C(=O)NCC(N)C1CC1.Cl. The Morgan fingerprint density at radius 1 is 1.20 bits per heavy atom. The maximum absolute atomic E-state index is 11.9. The molecule has 2 saturated carbocycles. The zero-order valence-corrected chi connectivity index (χ0v) is 12.9. The molecule has 0 saturated heterocycles. The lowest BCUT2D eigenvalue weighted by atomic mass is 10.1. The van der Waals surface area contributed by atoms with Crippen LogP contribution in [0.3, 0.4) is 0 Å². The van der Waals surface area contributed by atoms with Gasteiger partial charge in [-0.2, -0.15) is 0 Å². The fraction of sp³-hybridized carbons (Fsp3) is 0.857. The smallest absolute Gasteiger partial charge is 0.242 e. The minimum atomic E-state index is -0.473. The van der Waals surface area contributed by atoms with Gasteiger partial charge in [0.15, 0.2) is 0 Å². The molecule has 2 fully saturated rings. The number of amides is 2. The summed E-state index contributed by atoms with van der Waals surface area (Å²) in [5, 5.41) is 5.62. The molecule has 5 nitrogen and oxygen atoms in total. The van der Waals surface area contributed by atoms with Crippen LogP contribution >= 0.6 is 12.4 Å². The maximum atomic E-state index is 11.9. The summed E-state index contributed by atoms with van der Waals surface area (Å²) in [6.07, 6.45) is 6.49. The Labute approximate surface area is 126 Å². The molecule has 0 heterocycles. The van der Waals surface area contributed by atoms with Crippen molar-refractivity contribution in [2.45, 2.75) is 57.5 Å². The number of nitrogens with two attached hydrogens (primary N) is 1. The van der Waals surface area contributed by atoms with Crippen LogP contribution in [0.4, 0.5) is 0 Å². The van der Waals surface area contributed by atoms with E-state index in [1.54, 1.807) is 6.92 Å². The minimum Gasteiger partial charge on any atom is -0.353 e. The van der Waals surface area contributed by atoms with Gasteiger partial charge in [-0.1, -0.05) is 12.8 Å². The van der Waals surface area contributed by atoms with Gasteiger partial charge in [-0.05, 0) is 38.5 Å². The van der Waals surface area contributed by atoms with E-state index in [2.05, 4.69) is 10.6 Å². The lowest BCUT2D eigenvalue weighted by Gasteiger charge is -2.18. The molecule has 0 aromatic carbocycles. The highest BCUT2D eigenvalue weighted by Crippen LogP contribution is 2.31. The average molecular weight is 304 g/mol. The van der Waals surface area contributed by atoms with Crippen molar-refractivity contribution in [2.24, 2.45) is 17.6 Å². The predicted octanol–water partition coefficient (Wildman–Crippen LogP) is 0.957. The van der Waals surface area contributed by atoms with Gasteiger partial charge in [0.25, 0.3) is 0 Å². The van der Waals surface area contributed by atoms with Crippen molar-refractivity contribution in [2.75, 3.05) is 6.54 Å². The molecule has 116 valence electrons. The summed E-state index contributed by atoms with van der Waals surface area (Å²) in [5.41, 5.74) is 5.93. The fourth-order valence-electron chi connectivity index (χ4n) is 2.65. The topological polar surface area (TPSA) is 84.2 Å². The lowest BCUT2D eigenvalue weighted by Crippen LogP contribution is -2.49. The number of halogens is 1. The third-order valence-corrected chi connectivity index (χ3v) is 4.22. The second kappa shape index (κ2) is 7.84. The molecule has 0 aliphatic heterocycles. The Morgan fingerprint density at radius 2 is 1.80 bits per heavy atom. The zero-order chi connectivity index (χ0) is 13.8. The third kappa shape index (κ3) is 4.94. The number of nitrogens with one attached hydrogen (secondary N) is 2. The fourth-order valence-corrected chi connectivity index (χ4v) is 2.65. The first-order valence-electron chi connectivity index (χ1n) is 7.41. The molecule has 20 heavy (non-hydrogen) atoms. The molecule has 2 unspecified atom stereocenters. The van der Waals surface area contributed by atoms with Crippen molar-refractivity contribution in [3.05, 3.63) is 0 Å². The van der Waals surface area contributed by atoms with Crippen LogP contribution < -0.4 is 16.4 Å². The molecule has 2 atom stereocenters. The lowest BCUT2D eigenvalue weighted by molar-refractivity contribution is -0.130. The summed E-state index contributed by atoms with van der Waals surface area (Å²) in [6, 6.07) is -0.416. The van der Waals surface area contributed by atoms with Crippen LogP contribution in [-0.4, -0.2) is 30.4 Å². The van der Waals surface area contributed by atoms with Crippen molar-refractivity contribution in [1.29, 1.82) is 0 Å². The normalized spacial score (nSPS) is 21.7. The van der Waals surface area contributed by atoms with Crippen LogP contribution in [0.2, 0.25) is 0 Å². The molecule has 2 rings (SSSR count). The molecule has 0 aromatic heterocycles. The van der Waals surface area contributed by atoms with Crippen molar-refractivity contribution in [1.82, 2.24) is 10.6 Å². The van der Waals surface area contributed by atoms with Gasteiger partial charge in [0.2, 0.25) is 11.8 Å². The quantitative estimate of drug-likeness (QED) is 0.683. The number of hydrogen-bond donors (Lipinski definition) is 3. The van der Waals surface area contributed by atoms with Crippen molar-refractivity contribution in [3.63, 3.8) is 0 Å². The Bertz CT molecular complexity index is 341. The van der Waals surface area contributed by atoms with Gasteiger partial charge >= 0.3 is 0 Å². The first-order valence-corrected chi connectivity index (χ1v) is 7.41. The standard InChI is InChI=1S/C14H25N3O2.ClH/c1-9(17-14(19)11-4-2-3-5-11)13(18)16-8-12(15)10-6-7-10;/h9-12H,2-8,15H2,1H3,(H,16,18)(H,17,19);1H. The van der Waals surface area contributed by atoms with Gasteiger partial charge in [0, 0.05) is 18.5 Å². The molecule has 0 radical (unpaired) electrons. The average Bonchev–Trinajstić information content (AvgIpc) is 3.10. The molecule has 4 N–H and O–H groups in total. The molecule has 0 spiro atoms. The van der Waals surface area contributed by atoms with Crippen LogP contribution in [-0.2, 0) is 9.59 Å². The second-order valence-electron chi connectivity index (χ2n) is 5.96. The second-order valence-corrected chi connectivity index (χ2v) is 5.96. The molecule has 0 bridgehead atoms. The third-order valence-electron chi connectivity index (χ3n) is 4.22. The summed E-state index contributed by atoms with van der Waals surface area (Å²) < 4.78 is 0. The highest BCUT2D eigenvalue weighted by molar-refractivity contribution is 5.88. The molecule has 6 heteroatoms. The van der Waals surface area contributed by atoms with Gasteiger partial charge < -0.3 is 16.4 Å². The highest BCUT2D eigenvalue weighted by atomic mass is 35.5. The molecule has 2 aliphatic rings. The van der Waals surface area contributed by atoms with Crippen molar-refractivity contribution < 1.29 is 9.59 Å². The van der Waals surface area contributed by atoms with Gasteiger partial charge in [0.1, 0.15) is 6.04 Å². The van der Waals surface area contributed by atoms with E-state index in [-0.39, 0.29) is 36.2 Å². The van der Waals surface area contributed by atoms with Gasteiger partial charge in [-0.15, -0.1) is 12.4 Å². The number of carbonyl (C=O) groups is 2. The number of rotatable bonds is 6. The van der Waals surface area contributed by atoms with Crippen LogP contribution in [0.25, 0.3) is 0 Å². The Morgan fingerprint density at radius 3 is 2.35 bits per heavy atom. The van der Waals surface area contributed by atoms with Crippen LogP contribution in [0.15, 0.2) is 0 Å². The first-order chi connectivity index (χ1) is 9.08. The van der Waals surface area contributed by atoms with E-state index >= 15 is 0 Å². The van der Waals surface area contributed by atoms with Crippen molar-refractivity contribution >= 4 is 24.2 Å². The Hall–Kier alpha value is -0.810. The van der Waals surface area contributed by atoms with Gasteiger partial charge in [-0.3, -0.25) is 9.59 Å². The first kappa shape index (κ1) is 17.2. The van der Waals surface area contributed by atoms with E-state index in [0.717, 1.165) is 25.7 Å². The highest BCUT2D eigenvalue weighted by Gasteiger charge is 2.29. The van der Waals surface area contributed by atoms with Crippen LogP contribution in [0, 0.1) is 11.8 Å². The minimum absolute atomic E-state index is 0. The molecule has 2 amide bonds.